The molecule has 0 aromatic heterocycles. The molecule has 1 atom stereocenters. The van der Waals surface area contributed by atoms with Gasteiger partial charge in [-0.1, -0.05) is 12.8 Å². The molecule has 16 heavy (non-hydrogen) atoms. The molecule has 1 aliphatic carbocycles. The highest BCUT2D eigenvalue weighted by Crippen LogP contribution is 2.28. The number of rotatable bonds is 3. The number of aliphatic hydroxyl groups excluding tert-OH is 1. The summed E-state index contributed by atoms with van der Waals surface area (Å²) in [4.78, 5) is 24.0. The second-order valence-electron chi connectivity index (χ2n) is 4.50. The van der Waals surface area contributed by atoms with Crippen molar-refractivity contribution >= 4 is 11.8 Å². The zero-order valence-electron chi connectivity index (χ0n) is 9.22. The zero-order valence-corrected chi connectivity index (χ0v) is 9.22. The van der Waals surface area contributed by atoms with Gasteiger partial charge in [0, 0.05) is 0 Å². The van der Waals surface area contributed by atoms with Crippen LogP contribution in [0.1, 0.15) is 25.7 Å². The summed E-state index contributed by atoms with van der Waals surface area (Å²) in [6.07, 6.45) is 3.68. The molecular weight excluding hydrogens is 210 g/mol. The molecule has 2 rings (SSSR count). The Morgan fingerprint density at radius 2 is 1.81 bits per heavy atom. The maximum atomic E-state index is 11.4. The Bertz CT molecular complexity index is 270. The van der Waals surface area contributed by atoms with Crippen molar-refractivity contribution in [3.63, 3.8) is 0 Å². The van der Waals surface area contributed by atoms with Crippen LogP contribution in [-0.4, -0.2) is 47.7 Å². The van der Waals surface area contributed by atoms with Crippen LogP contribution in [0.25, 0.3) is 0 Å². The third kappa shape index (κ3) is 2.41. The van der Waals surface area contributed by atoms with E-state index in [4.69, 9.17) is 4.74 Å². The molecule has 1 N–H and O–H groups in total. The lowest BCUT2D eigenvalue weighted by Gasteiger charge is -2.29. The monoisotopic (exact) mass is 227 g/mol. The number of amides is 2. The number of aliphatic hydroxyl groups is 1. The van der Waals surface area contributed by atoms with Crippen LogP contribution in [-0.2, 0) is 14.3 Å². The van der Waals surface area contributed by atoms with Gasteiger partial charge in [0.05, 0.1) is 12.6 Å². The average molecular weight is 227 g/mol. The van der Waals surface area contributed by atoms with Gasteiger partial charge in [-0.25, -0.2) is 0 Å². The quantitative estimate of drug-likeness (QED) is 0.685. The number of hydrogen-bond donors (Lipinski definition) is 1. The largest absolute Gasteiger partial charge is 0.391 e. The van der Waals surface area contributed by atoms with Crippen LogP contribution in [0.5, 0.6) is 0 Å². The summed E-state index contributed by atoms with van der Waals surface area (Å²) in [7, 11) is 0. The van der Waals surface area contributed by atoms with E-state index in [1.165, 1.54) is 0 Å². The summed E-state index contributed by atoms with van der Waals surface area (Å²) >= 11 is 0. The summed E-state index contributed by atoms with van der Waals surface area (Å²) in [6.45, 7) is 0.0257. The number of nitrogens with zero attached hydrogens (tertiary/aromatic N) is 1. The summed E-state index contributed by atoms with van der Waals surface area (Å²) in [5.74, 6) is -0.440. The number of hydrogen-bond acceptors (Lipinski definition) is 4. The number of β-amino-alcohol motifs (C(OH)–C–C–N with tert-alkyl or cyclic N) is 1. The molecule has 0 bridgehead atoms. The Morgan fingerprint density at radius 1 is 1.25 bits per heavy atom. The summed E-state index contributed by atoms with van der Waals surface area (Å²) in [5.41, 5.74) is 0. The van der Waals surface area contributed by atoms with E-state index in [0.717, 1.165) is 30.6 Å². The van der Waals surface area contributed by atoms with Crippen LogP contribution in [0.4, 0.5) is 0 Å². The van der Waals surface area contributed by atoms with E-state index in [2.05, 4.69) is 0 Å². The number of ether oxygens (including phenoxy) is 1. The lowest BCUT2D eigenvalue weighted by atomic mass is 10.0. The van der Waals surface area contributed by atoms with Crippen LogP contribution in [0.15, 0.2) is 0 Å². The summed E-state index contributed by atoms with van der Waals surface area (Å²) < 4.78 is 4.81. The molecule has 2 amide bonds. The second-order valence-corrected chi connectivity index (χ2v) is 4.50. The van der Waals surface area contributed by atoms with Crippen molar-refractivity contribution in [2.75, 3.05) is 19.8 Å². The van der Waals surface area contributed by atoms with Gasteiger partial charge in [-0.3, -0.25) is 14.5 Å². The fourth-order valence-corrected chi connectivity index (χ4v) is 2.40. The molecule has 2 aliphatic rings. The molecule has 0 radical (unpaired) electrons. The smallest absolute Gasteiger partial charge is 0.255 e. The van der Waals surface area contributed by atoms with Gasteiger partial charge < -0.3 is 9.84 Å². The Hall–Kier alpha value is -0.940. The molecule has 1 heterocycles. The van der Waals surface area contributed by atoms with E-state index in [9.17, 15) is 14.7 Å². The average Bonchev–Trinajstić information content (AvgIpc) is 2.76. The summed E-state index contributed by atoms with van der Waals surface area (Å²) in [5, 5.41) is 9.95. The SMILES string of the molecule is O=C1COCC(=O)N1CC(O)C1CCCC1. The molecule has 0 spiro atoms. The van der Waals surface area contributed by atoms with Gasteiger partial charge in [0.2, 0.25) is 0 Å². The van der Waals surface area contributed by atoms with Crippen molar-refractivity contribution in [1.29, 1.82) is 0 Å². The fourth-order valence-electron chi connectivity index (χ4n) is 2.40. The minimum Gasteiger partial charge on any atom is -0.391 e. The van der Waals surface area contributed by atoms with E-state index in [0.29, 0.717) is 0 Å². The topological polar surface area (TPSA) is 66.8 Å². The molecule has 5 nitrogen and oxygen atoms in total. The van der Waals surface area contributed by atoms with Crippen molar-refractivity contribution in [3.8, 4) is 0 Å². The van der Waals surface area contributed by atoms with E-state index < -0.39 is 6.10 Å². The predicted molar refractivity (Wildman–Crippen MR) is 55.5 cm³/mol. The highest BCUT2D eigenvalue weighted by Gasteiger charge is 2.31. The molecule has 5 heteroatoms. The molecule has 0 aromatic carbocycles. The Kier molecular flexibility index (Phi) is 3.56. The number of carbonyl (C=O) groups excluding carboxylic acids is 2. The van der Waals surface area contributed by atoms with Crippen molar-refractivity contribution in [1.82, 2.24) is 4.90 Å². The molecule has 1 unspecified atom stereocenters. The van der Waals surface area contributed by atoms with Crippen LogP contribution < -0.4 is 0 Å². The van der Waals surface area contributed by atoms with Gasteiger partial charge in [0.25, 0.3) is 11.8 Å². The number of imide groups is 1. The van der Waals surface area contributed by atoms with Crippen LogP contribution >= 0.6 is 0 Å². The first kappa shape index (κ1) is 11.5. The van der Waals surface area contributed by atoms with Gasteiger partial charge in [0.1, 0.15) is 13.2 Å². The Balaban J connectivity index is 1.91. The molecule has 0 aromatic rings. The minimum atomic E-state index is -0.575. The normalized spacial score (nSPS) is 25.2. The van der Waals surface area contributed by atoms with Gasteiger partial charge >= 0.3 is 0 Å². The van der Waals surface area contributed by atoms with Crippen molar-refractivity contribution in [3.05, 3.63) is 0 Å². The third-order valence-corrected chi connectivity index (χ3v) is 3.37. The Morgan fingerprint density at radius 3 is 2.38 bits per heavy atom. The van der Waals surface area contributed by atoms with E-state index >= 15 is 0 Å². The highest BCUT2D eigenvalue weighted by molar-refractivity contribution is 5.98. The van der Waals surface area contributed by atoms with Crippen molar-refractivity contribution in [2.24, 2.45) is 5.92 Å². The molecule has 2 fully saturated rings. The minimum absolute atomic E-state index is 0.0525. The molecule has 1 aliphatic heterocycles. The fraction of sp³-hybridized carbons (Fsp3) is 0.818. The third-order valence-electron chi connectivity index (χ3n) is 3.37. The highest BCUT2D eigenvalue weighted by atomic mass is 16.5. The van der Waals surface area contributed by atoms with Gasteiger partial charge in [0.15, 0.2) is 0 Å². The van der Waals surface area contributed by atoms with E-state index in [-0.39, 0.29) is 37.5 Å². The standard InChI is InChI=1S/C11H17NO4/c13-9(8-3-1-2-4-8)5-12-10(14)6-16-7-11(12)15/h8-9,13H,1-7H2. The first-order valence-corrected chi connectivity index (χ1v) is 5.77. The van der Waals surface area contributed by atoms with E-state index in [1.54, 1.807) is 0 Å². The van der Waals surface area contributed by atoms with Gasteiger partial charge in [-0.05, 0) is 18.8 Å². The lowest BCUT2D eigenvalue weighted by Crippen LogP contribution is -2.50. The Labute approximate surface area is 94.4 Å². The van der Waals surface area contributed by atoms with E-state index in [1.807, 2.05) is 0 Å². The molecule has 90 valence electrons. The second kappa shape index (κ2) is 4.93. The lowest BCUT2D eigenvalue weighted by molar-refractivity contribution is -0.160. The maximum absolute atomic E-state index is 11.4. The zero-order chi connectivity index (χ0) is 11.5. The molecule has 1 saturated carbocycles. The van der Waals surface area contributed by atoms with Crippen molar-refractivity contribution in [2.45, 2.75) is 31.8 Å². The first-order chi connectivity index (χ1) is 7.68. The van der Waals surface area contributed by atoms with Crippen LogP contribution in [0, 0.1) is 5.92 Å². The summed E-state index contributed by atoms with van der Waals surface area (Å²) in [6, 6.07) is 0. The molecular formula is C11H17NO4. The van der Waals surface area contributed by atoms with Crippen LogP contribution in [0.2, 0.25) is 0 Å². The first-order valence-electron chi connectivity index (χ1n) is 5.77. The maximum Gasteiger partial charge on any atom is 0.255 e. The van der Waals surface area contributed by atoms with Crippen LogP contribution in [0.3, 0.4) is 0 Å². The number of morpholine rings is 1. The molecule has 1 saturated heterocycles. The number of carbonyl (C=O) groups is 2. The van der Waals surface area contributed by atoms with Crippen molar-refractivity contribution < 1.29 is 19.4 Å². The van der Waals surface area contributed by atoms with Gasteiger partial charge in [-0.2, -0.15) is 0 Å². The van der Waals surface area contributed by atoms with Gasteiger partial charge in [-0.15, -0.1) is 0 Å². The predicted octanol–water partition coefficient (Wildman–Crippen LogP) is -0.0771.